The second-order valence-electron chi connectivity index (χ2n) is 5.90. The molecule has 0 aliphatic carbocycles. The first-order valence-corrected chi connectivity index (χ1v) is 8.15. The Morgan fingerprint density at radius 1 is 1.33 bits per heavy atom. The zero-order valence-electron chi connectivity index (χ0n) is 13.8. The fourth-order valence-corrected chi connectivity index (χ4v) is 2.73. The van der Waals surface area contributed by atoms with Gasteiger partial charge in [-0.1, -0.05) is 30.3 Å². The van der Waals surface area contributed by atoms with Crippen LogP contribution in [-0.2, 0) is 22.6 Å². The summed E-state index contributed by atoms with van der Waals surface area (Å²) in [5, 5.41) is 2.75. The lowest BCUT2D eigenvalue weighted by Gasteiger charge is -2.32. The number of hydrogen-bond donors (Lipinski definition) is 1. The Kier molecular flexibility index (Phi) is 5.51. The van der Waals surface area contributed by atoms with Crippen molar-refractivity contribution in [1.29, 1.82) is 0 Å². The number of ether oxygens (including phenoxy) is 1. The van der Waals surface area contributed by atoms with Gasteiger partial charge in [-0.3, -0.25) is 9.69 Å². The Hall–Kier alpha value is -2.31. The van der Waals surface area contributed by atoms with Gasteiger partial charge in [-0.25, -0.2) is 9.97 Å². The Balaban J connectivity index is 1.64. The summed E-state index contributed by atoms with van der Waals surface area (Å²) in [5.41, 5.74) is 2.08. The Bertz CT molecular complexity index is 678. The van der Waals surface area contributed by atoms with E-state index in [9.17, 15) is 4.79 Å². The molecule has 24 heavy (non-hydrogen) atoms. The molecular weight excluding hydrogens is 304 g/mol. The fourth-order valence-electron chi connectivity index (χ4n) is 2.73. The van der Waals surface area contributed by atoms with Gasteiger partial charge in [0.1, 0.15) is 6.10 Å². The Morgan fingerprint density at radius 3 is 2.96 bits per heavy atom. The van der Waals surface area contributed by atoms with Crippen LogP contribution in [0.3, 0.4) is 0 Å². The van der Waals surface area contributed by atoms with Gasteiger partial charge in [0.15, 0.2) is 5.82 Å². The van der Waals surface area contributed by atoms with Gasteiger partial charge in [-0.2, -0.15) is 0 Å². The van der Waals surface area contributed by atoms with Gasteiger partial charge in [-0.05, 0) is 11.6 Å². The monoisotopic (exact) mass is 326 g/mol. The minimum absolute atomic E-state index is 0.0712. The predicted octanol–water partition coefficient (Wildman–Crippen LogP) is 1.69. The molecular formula is C18H22N4O2. The molecule has 1 N–H and O–H groups in total. The van der Waals surface area contributed by atoms with Crippen molar-refractivity contribution in [3.8, 4) is 0 Å². The normalized spacial score (nSPS) is 18.3. The Morgan fingerprint density at radius 2 is 2.17 bits per heavy atom. The van der Waals surface area contributed by atoms with Gasteiger partial charge in [0.2, 0.25) is 5.91 Å². The van der Waals surface area contributed by atoms with Crippen LogP contribution in [0.25, 0.3) is 0 Å². The summed E-state index contributed by atoms with van der Waals surface area (Å²) in [4.78, 5) is 22.3. The molecule has 0 bridgehead atoms. The topological polar surface area (TPSA) is 67.4 Å². The third-order valence-corrected chi connectivity index (χ3v) is 3.94. The van der Waals surface area contributed by atoms with E-state index in [2.05, 4.69) is 44.5 Å². The number of morpholine rings is 1. The summed E-state index contributed by atoms with van der Waals surface area (Å²) < 4.78 is 5.86. The van der Waals surface area contributed by atoms with Crippen LogP contribution in [0, 0.1) is 0 Å². The molecule has 1 aromatic carbocycles. The van der Waals surface area contributed by atoms with E-state index in [1.54, 1.807) is 6.20 Å². The van der Waals surface area contributed by atoms with Gasteiger partial charge >= 0.3 is 0 Å². The number of aromatic nitrogens is 2. The number of nitrogens with zero attached hydrogens (tertiary/aromatic N) is 3. The second-order valence-corrected chi connectivity index (χ2v) is 5.90. The summed E-state index contributed by atoms with van der Waals surface area (Å²) in [5.74, 6) is 0.605. The summed E-state index contributed by atoms with van der Waals surface area (Å²) >= 11 is 0. The highest BCUT2D eigenvalue weighted by Crippen LogP contribution is 2.20. The minimum Gasteiger partial charge on any atom is -0.368 e. The van der Waals surface area contributed by atoms with E-state index < -0.39 is 0 Å². The lowest BCUT2D eigenvalue weighted by atomic mass is 10.2. The smallest absolute Gasteiger partial charge is 0.217 e. The number of hydrogen-bond acceptors (Lipinski definition) is 5. The number of rotatable bonds is 5. The minimum atomic E-state index is -0.139. The van der Waals surface area contributed by atoms with Gasteiger partial charge in [0.25, 0.3) is 0 Å². The predicted molar refractivity (Wildman–Crippen MR) is 90.0 cm³/mol. The molecule has 2 aromatic rings. The molecule has 3 rings (SSSR count). The van der Waals surface area contributed by atoms with E-state index >= 15 is 0 Å². The first-order chi connectivity index (χ1) is 11.7. The van der Waals surface area contributed by atoms with Gasteiger partial charge < -0.3 is 10.1 Å². The van der Waals surface area contributed by atoms with Gasteiger partial charge in [0, 0.05) is 32.8 Å². The molecule has 1 amide bonds. The van der Waals surface area contributed by atoms with Crippen molar-refractivity contribution in [3.05, 3.63) is 59.7 Å². The maximum absolute atomic E-state index is 11.0. The van der Waals surface area contributed by atoms with Gasteiger partial charge in [0.05, 0.1) is 18.8 Å². The molecule has 2 heterocycles. The summed E-state index contributed by atoms with van der Waals surface area (Å²) in [6.07, 6.45) is 1.58. The highest BCUT2D eigenvalue weighted by Gasteiger charge is 2.24. The van der Waals surface area contributed by atoms with Crippen LogP contribution in [0.5, 0.6) is 0 Å². The van der Waals surface area contributed by atoms with E-state index in [0.29, 0.717) is 19.0 Å². The summed E-state index contributed by atoms with van der Waals surface area (Å²) in [6.45, 7) is 5.12. The van der Waals surface area contributed by atoms with E-state index in [0.717, 1.165) is 25.3 Å². The van der Waals surface area contributed by atoms with Crippen molar-refractivity contribution in [2.75, 3.05) is 19.7 Å². The molecule has 0 spiro atoms. The quantitative estimate of drug-likeness (QED) is 0.905. The van der Waals surface area contributed by atoms with E-state index in [1.165, 1.54) is 12.5 Å². The van der Waals surface area contributed by atoms with Crippen molar-refractivity contribution < 1.29 is 9.53 Å². The van der Waals surface area contributed by atoms with Crippen molar-refractivity contribution >= 4 is 5.91 Å². The first kappa shape index (κ1) is 16.5. The van der Waals surface area contributed by atoms with Crippen LogP contribution < -0.4 is 5.32 Å². The SMILES string of the molecule is CC(=O)NCc1ccnc(C2CN(Cc3ccccc3)CCO2)n1. The standard InChI is InChI=1S/C18H22N4O2/c1-14(23)20-11-16-7-8-19-18(21-16)17-13-22(9-10-24-17)12-15-5-3-2-4-6-15/h2-8,17H,9-13H2,1H3,(H,20,23). The molecule has 1 saturated heterocycles. The third-order valence-electron chi connectivity index (χ3n) is 3.94. The third kappa shape index (κ3) is 4.59. The number of nitrogens with one attached hydrogen (secondary N) is 1. The van der Waals surface area contributed by atoms with Crippen molar-refractivity contribution in [1.82, 2.24) is 20.2 Å². The average molecular weight is 326 g/mol. The number of carbonyl (C=O) groups excluding carboxylic acids is 1. The van der Waals surface area contributed by atoms with Crippen molar-refractivity contribution in [2.45, 2.75) is 26.1 Å². The zero-order chi connectivity index (χ0) is 16.8. The second kappa shape index (κ2) is 7.99. The molecule has 1 atom stereocenters. The van der Waals surface area contributed by atoms with Crippen LogP contribution in [0.1, 0.15) is 30.1 Å². The molecule has 1 aliphatic rings. The average Bonchev–Trinajstić information content (AvgIpc) is 2.61. The van der Waals surface area contributed by atoms with Crippen LogP contribution in [0.15, 0.2) is 42.6 Å². The maximum Gasteiger partial charge on any atom is 0.217 e. The zero-order valence-corrected chi connectivity index (χ0v) is 13.8. The molecule has 0 radical (unpaired) electrons. The molecule has 0 saturated carbocycles. The molecule has 1 aliphatic heterocycles. The molecule has 1 fully saturated rings. The van der Waals surface area contributed by atoms with E-state index in [4.69, 9.17) is 4.74 Å². The number of amides is 1. The molecule has 1 aromatic heterocycles. The summed E-state index contributed by atoms with van der Waals surface area (Å²) in [6, 6.07) is 12.2. The van der Waals surface area contributed by atoms with Crippen LogP contribution >= 0.6 is 0 Å². The highest BCUT2D eigenvalue weighted by atomic mass is 16.5. The van der Waals surface area contributed by atoms with Crippen LogP contribution in [0.2, 0.25) is 0 Å². The van der Waals surface area contributed by atoms with Crippen molar-refractivity contribution in [3.63, 3.8) is 0 Å². The molecule has 6 nitrogen and oxygen atoms in total. The maximum atomic E-state index is 11.0. The first-order valence-electron chi connectivity index (χ1n) is 8.15. The Labute approximate surface area is 141 Å². The van der Waals surface area contributed by atoms with E-state index in [1.807, 2.05) is 12.1 Å². The fraction of sp³-hybridized carbons (Fsp3) is 0.389. The molecule has 1 unspecified atom stereocenters. The number of carbonyl (C=O) groups is 1. The van der Waals surface area contributed by atoms with Crippen molar-refractivity contribution in [2.24, 2.45) is 0 Å². The summed E-state index contributed by atoms with van der Waals surface area (Å²) in [7, 11) is 0. The van der Waals surface area contributed by atoms with Crippen LogP contribution in [0.4, 0.5) is 0 Å². The van der Waals surface area contributed by atoms with E-state index in [-0.39, 0.29) is 12.0 Å². The van der Waals surface area contributed by atoms with Gasteiger partial charge in [-0.15, -0.1) is 0 Å². The number of benzene rings is 1. The lowest BCUT2D eigenvalue weighted by Crippen LogP contribution is -2.38. The van der Waals surface area contributed by atoms with Crippen LogP contribution in [-0.4, -0.2) is 40.5 Å². The molecule has 126 valence electrons. The largest absolute Gasteiger partial charge is 0.368 e. The lowest BCUT2D eigenvalue weighted by molar-refractivity contribution is -0.119. The highest BCUT2D eigenvalue weighted by molar-refractivity contribution is 5.72. The molecule has 6 heteroatoms.